The van der Waals surface area contributed by atoms with E-state index in [1.807, 2.05) is 33.8 Å². The van der Waals surface area contributed by atoms with Gasteiger partial charge in [-0.15, -0.1) is 0 Å². The first-order valence-electron chi connectivity index (χ1n) is 6.77. The molecular formula is C15H22N4O. The van der Waals surface area contributed by atoms with Crippen molar-refractivity contribution in [2.24, 2.45) is 5.92 Å². The number of carbonyl (C=O) groups excluding carboxylic acids is 1. The van der Waals surface area contributed by atoms with E-state index in [9.17, 15) is 10.1 Å². The molecule has 0 bridgehead atoms. The summed E-state index contributed by atoms with van der Waals surface area (Å²) in [6.45, 7) is 10.2. The van der Waals surface area contributed by atoms with Crippen LogP contribution in [0.1, 0.15) is 37.6 Å². The summed E-state index contributed by atoms with van der Waals surface area (Å²) in [5.41, 5.74) is 2.16. The number of nitrogens with zero attached hydrogens (tertiary/aromatic N) is 2. The van der Waals surface area contributed by atoms with Crippen LogP contribution in [0.3, 0.4) is 0 Å². The Bertz CT molecular complexity index is 531. The molecule has 20 heavy (non-hydrogen) atoms. The average Bonchev–Trinajstić information content (AvgIpc) is 2.35. The van der Waals surface area contributed by atoms with Crippen molar-refractivity contribution in [2.45, 2.75) is 40.7 Å². The Morgan fingerprint density at radius 3 is 2.60 bits per heavy atom. The van der Waals surface area contributed by atoms with E-state index in [2.05, 4.69) is 21.7 Å². The van der Waals surface area contributed by atoms with Crippen LogP contribution in [0.2, 0.25) is 0 Å². The van der Waals surface area contributed by atoms with Crippen LogP contribution in [0.5, 0.6) is 0 Å². The molecule has 1 amide bonds. The number of nitriles is 1. The number of hydrogen-bond donors (Lipinski definition) is 2. The van der Waals surface area contributed by atoms with Crippen LogP contribution in [0.15, 0.2) is 6.07 Å². The van der Waals surface area contributed by atoms with Crippen LogP contribution in [-0.2, 0) is 4.79 Å². The standard InChI is InChI=1S/C15H22N4O/c1-9(2)8-17-15(20)12(5)19-14-13(7-16)10(3)6-11(4)18-14/h6,9,12H,8H2,1-5H3,(H,17,20)(H,18,19). The highest BCUT2D eigenvalue weighted by atomic mass is 16.2. The van der Waals surface area contributed by atoms with Crippen LogP contribution < -0.4 is 10.6 Å². The van der Waals surface area contributed by atoms with Gasteiger partial charge in [-0.05, 0) is 38.3 Å². The molecule has 1 rings (SSSR count). The first kappa shape index (κ1) is 16.0. The van der Waals surface area contributed by atoms with Crippen LogP contribution >= 0.6 is 0 Å². The average molecular weight is 274 g/mol. The van der Waals surface area contributed by atoms with Gasteiger partial charge in [0.25, 0.3) is 0 Å². The molecule has 1 unspecified atom stereocenters. The van der Waals surface area contributed by atoms with Crippen molar-refractivity contribution in [2.75, 3.05) is 11.9 Å². The largest absolute Gasteiger partial charge is 0.358 e. The minimum absolute atomic E-state index is 0.0939. The quantitative estimate of drug-likeness (QED) is 0.862. The van der Waals surface area contributed by atoms with Crippen LogP contribution in [0.4, 0.5) is 5.82 Å². The van der Waals surface area contributed by atoms with Crippen LogP contribution in [0.25, 0.3) is 0 Å². The molecule has 0 aromatic carbocycles. The highest BCUT2D eigenvalue weighted by Gasteiger charge is 2.16. The van der Waals surface area contributed by atoms with Crippen LogP contribution in [-0.4, -0.2) is 23.5 Å². The second-order valence-corrected chi connectivity index (χ2v) is 5.42. The highest BCUT2D eigenvalue weighted by molar-refractivity contribution is 5.84. The van der Waals surface area contributed by atoms with E-state index < -0.39 is 6.04 Å². The third-order valence-electron chi connectivity index (χ3n) is 2.89. The molecule has 2 N–H and O–H groups in total. The monoisotopic (exact) mass is 274 g/mol. The molecule has 0 radical (unpaired) electrons. The normalized spacial score (nSPS) is 11.8. The van der Waals surface area contributed by atoms with Crippen molar-refractivity contribution >= 4 is 11.7 Å². The number of aryl methyl sites for hydroxylation is 2. The molecule has 1 aromatic heterocycles. The second-order valence-electron chi connectivity index (χ2n) is 5.42. The van der Waals surface area contributed by atoms with Gasteiger partial charge in [0.05, 0.1) is 5.56 Å². The minimum atomic E-state index is -0.436. The van der Waals surface area contributed by atoms with E-state index in [1.54, 1.807) is 6.92 Å². The Labute approximate surface area is 120 Å². The van der Waals surface area contributed by atoms with Gasteiger partial charge >= 0.3 is 0 Å². The molecule has 5 heteroatoms. The number of anilines is 1. The first-order valence-corrected chi connectivity index (χ1v) is 6.77. The van der Waals surface area contributed by atoms with Gasteiger partial charge in [-0.3, -0.25) is 4.79 Å². The molecule has 108 valence electrons. The first-order chi connectivity index (χ1) is 9.35. The van der Waals surface area contributed by atoms with Gasteiger partial charge in [-0.2, -0.15) is 5.26 Å². The van der Waals surface area contributed by atoms with Gasteiger partial charge < -0.3 is 10.6 Å². The molecule has 0 aliphatic heterocycles. The van der Waals surface area contributed by atoms with E-state index in [1.165, 1.54) is 0 Å². The molecule has 0 saturated heterocycles. The minimum Gasteiger partial charge on any atom is -0.358 e. The third-order valence-corrected chi connectivity index (χ3v) is 2.89. The lowest BCUT2D eigenvalue weighted by Gasteiger charge is -2.17. The van der Waals surface area contributed by atoms with Crippen molar-refractivity contribution in [3.05, 3.63) is 22.9 Å². The fourth-order valence-corrected chi connectivity index (χ4v) is 1.81. The Morgan fingerprint density at radius 2 is 2.05 bits per heavy atom. The summed E-state index contributed by atoms with van der Waals surface area (Å²) < 4.78 is 0. The summed E-state index contributed by atoms with van der Waals surface area (Å²) in [6.07, 6.45) is 0. The summed E-state index contributed by atoms with van der Waals surface area (Å²) in [6, 6.07) is 3.55. The van der Waals surface area contributed by atoms with E-state index >= 15 is 0 Å². The van der Waals surface area contributed by atoms with Crippen molar-refractivity contribution in [1.82, 2.24) is 10.3 Å². The summed E-state index contributed by atoms with van der Waals surface area (Å²) in [5.74, 6) is 0.779. The zero-order valence-electron chi connectivity index (χ0n) is 12.7. The van der Waals surface area contributed by atoms with Gasteiger partial charge in [0.2, 0.25) is 5.91 Å². The summed E-state index contributed by atoms with van der Waals surface area (Å²) >= 11 is 0. The fraction of sp³-hybridized carbons (Fsp3) is 0.533. The maximum Gasteiger partial charge on any atom is 0.242 e. The molecule has 1 heterocycles. The van der Waals surface area contributed by atoms with Gasteiger partial charge in [0.1, 0.15) is 17.9 Å². The Balaban J connectivity index is 2.83. The Hall–Kier alpha value is -2.09. The van der Waals surface area contributed by atoms with Gasteiger partial charge in [-0.25, -0.2) is 4.98 Å². The van der Waals surface area contributed by atoms with Crippen molar-refractivity contribution in [1.29, 1.82) is 5.26 Å². The number of aromatic nitrogens is 1. The summed E-state index contributed by atoms with van der Waals surface area (Å²) in [5, 5.41) is 15.1. The third kappa shape index (κ3) is 4.23. The number of nitrogens with one attached hydrogen (secondary N) is 2. The summed E-state index contributed by atoms with van der Waals surface area (Å²) in [7, 11) is 0. The molecule has 0 saturated carbocycles. The molecule has 5 nitrogen and oxygen atoms in total. The Kier molecular flexibility index (Phi) is 5.51. The molecule has 0 fully saturated rings. The van der Waals surface area contributed by atoms with Crippen molar-refractivity contribution < 1.29 is 4.79 Å². The molecule has 1 atom stereocenters. The number of amides is 1. The number of hydrogen-bond acceptors (Lipinski definition) is 4. The number of pyridine rings is 1. The topological polar surface area (TPSA) is 77.8 Å². The SMILES string of the molecule is Cc1cc(C)c(C#N)c(NC(C)C(=O)NCC(C)C)n1. The molecule has 0 aliphatic carbocycles. The highest BCUT2D eigenvalue weighted by Crippen LogP contribution is 2.18. The zero-order chi connectivity index (χ0) is 15.3. The van der Waals surface area contributed by atoms with E-state index in [0.29, 0.717) is 23.8 Å². The molecular weight excluding hydrogens is 252 g/mol. The van der Waals surface area contributed by atoms with E-state index in [4.69, 9.17) is 0 Å². The predicted octanol–water partition coefficient (Wildman–Crippen LogP) is 2.14. The van der Waals surface area contributed by atoms with E-state index in [-0.39, 0.29) is 5.91 Å². The van der Waals surface area contributed by atoms with E-state index in [0.717, 1.165) is 11.3 Å². The molecule has 0 spiro atoms. The number of rotatable bonds is 5. The summed E-state index contributed by atoms with van der Waals surface area (Å²) in [4.78, 5) is 16.2. The van der Waals surface area contributed by atoms with Gasteiger partial charge in [0, 0.05) is 12.2 Å². The predicted molar refractivity (Wildman–Crippen MR) is 79.4 cm³/mol. The van der Waals surface area contributed by atoms with Crippen LogP contribution in [0, 0.1) is 31.1 Å². The zero-order valence-corrected chi connectivity index (χ0v) is 12.7. The number of carbonyl (C=O) groups is 1. The maximum absolute atomic E-state index is 11.9. The fourth-order valence-electron chi connectivity index (χ4n) is 1.81. The van der Waals surface area contributed by atoms with Gasteiger partial charge in [0.15, 0.2) is 0 Å². The lowest BCUT2D eigenvalue weighted by molar-refractivity contribution is -0.121. The molecule has 1 aromatic rings. The smallest absolute Gasteiger partial charge is 0.242 e. The molecule has 0 aliphatic rings. The lowest BCUT2D eigenvalue weighted by atomic mass is 10.1. The van der Waals surface area contributed by atoms with Crippen molar-refractivity contribution in [3.8, 4) is 6.07 Å². The van der Waals surface area contributed by atoms with Crippen molar-refractivity contribution in [3.63, 3.8) is 0 Å². The lowest BCUT2D eigenvalue weighted by Crippen LogP contribution is -2.39. The Morgan fingerprint density at radius 1 is 1.40 bits per heavy atom. The maximum atomic E-state index is 11.9. The second kappa shape index (κ2) is 6.90. The van der Waals surface area contributed by atoms with Gasteiger partial charge in [-0.1, -0.05) is 13.8 Å².